The Labute approximate surface area is 113 Å². The zero-order valence-electron chi connectivity index (χ0n) is 10.4. The van der Waals surface area contributed by atoms with Crippen LogP contribution in [0.4, 0.5) is 5.69 Å². The monoisotopic (exact) mass is 286 g/mol. The molecule has 0 radical (unpaired) electrons. The first-order valence-electron chi connectivity index (χ1n) is 5.16. The number of sulfonamides is 1. The maximum absolute atomic E-state index is 12.1. The fraction of sp³-hybridized carbons (Fsp3) is 0.333. The van der Waals surface area contributed by atoms with Crippen molar-refractivity contribution in [2.24, 2.45) is 0 Å². The molecule has 0 aliphatic rings. The first-order chi connectivity index (χ1) is 8.09. The quantitative estimate of drug-likeness (QED) is 0.659. The lowest BCUT2D eigenvalue weighted by Crippen LogP contribution is -2.41. The summed E-state index contributed by atoms with van der Waals surface area (Å²) in [6.45, 7) is 4.89. The standard InChI is InChI=1S/C12H15ClN2O2S/c1-5-12(3,4)15-18(16,17)9-6-10(13)8(2)11(14)7-9/h1,6-7,15H,14H2,2-4H3. The Bertz CT molecular complexity index is 592. The van der Waals surface area contributed by atoms with Crippen molar-refractivity contribution in [3.63, 3.8) is 0 Å². The predicted molar refractivity (Wildman–Crippen MR) is 73.8 cm³/mol. The Hall–Kier alpha value is -1.22. The van der Waals surface area contributed by atoms with Crippen LogP contribution in [0.2, 0.25) is 5.02 Å². The smallest absolute Gasteiger partial charge is 0.241 e. The Kier molecular flexibility index (Phi) is 3.96. The highest BCUT2D eigenvalue weighted by Gasteiger charge is 2.25. The van der Waals surface area contributed by atoms with Gasteiger partial charge in [-0.05, 0) is 38.5 Å². The van der Waals surface area contributed by atoms with Crippen molar-refractivity contribution in [1.82, 2.24) is 4.72 Å². The number of hydrogen-bond acceptors (Lipinski definition) is 3. The van der Waals surface area contributed by atoms with Crippen molar-refractivity contribution >= 4 is 27.3 Å². The van der Waals surface area contributed by atoms with E-state index in [9.17, 15) is 8.42 Å². The van der Waals surface area contributed by atoms with Gasteiger partial charge in [-0.15, -0.1) is 6.42 Å². The zero-order chi connectivity index (χ0) is 14.1. The molecule has 0 heterocycles. The van der Waals surface area contributed by atoms with Gasteiger partial charge in [0.25, 0.3) is 0 Å². The molecule has 0 aromatic heterocycles. The van der Waals surface area contributed by atoms with Crippen LogP contribution >= 0.6 is 11.6 Å². The predicted octanol–water partition coefficient (Wildman–Crippen LogP) is 1.92. The number of nitrogens with one attached hydrogen (secondary N) is 1. The Morgan fingerprint density at radius 3 is 2.44 bits per heavy atom. The molecular weight excluding hydrogens is 272 g/mol. The van der Waals surface area contributed by atoms with Crippen LogP contribution in [0.1, 0.15) is 19.4 Å². The average molecular weight is 287 g/mol. The summed E-state index contributed by atoms with van der Waals surface area (Å²) in [7, 11) is -3.75. The SMILES string of the molecule is C#CC(C)(C)NS(=O)(=O)c1cc(N)c(C)c(Cl)c1. The summed E-state index contributed by atoms with van der Waals surface area (Å²) in [4.78, 5) is -0.000995. The van der Waals surface area contributed by atoms with Crippen LogP contribution in [-0.2, 0) is 10.0 Å². The molecule has 0 saturated heterocycles. The molecule has 3 N–H and O–H groups in total. The summed E-state index contributed by atoms with van der Waals surface area (Å²) in [5, 5.41) is 0.300. The first kappa shape index (κ1) is 14.8. The average Bonchev–Trinajstić information content (AvgIpc) is 2.23. The summed E-state index contributed by atoms with van der Waals surface area (Å²) < 4.78 is 26.6. The van der Waals surface area contributed by atoms with Crippen molar-refractivity contribution in [2.45, 2.75) is 31.2 Å². The molecular formula is C12H15ClN2O2S. The molecule has 1 aromatic rings. The van der Waals surface area contributed by atoms with E-state index in [0.29, 0.717) is 16.3 Å². The summed E-state index contributed by atoms with van der Waals surface area (Å²) in [5.41, 5.74) is 5.68. The zero-order valence-corrected chi connectivity index (χ0v) is 12.0. The second kappa shape index (κ2) is 4.81. The molecule has 18 heavy (non-hydrogen) atoms. The van der Waals surface area contributed by atoms with Gasteiger partial charge in [0.05, 0.1) is 10.4 Å². The Morgan fingerprint density at radius 1 is 1.44 bits per heavy atom. The summed E-state index contributed by atoms with van der Waals surface area (Å²) in [6.07, 6.45) is 5.25. The molecule has 0 amide bonds. The third-order valence-corrected chi connectivity index (χ3v) is 4.45. The molecule has 4 nitrogen and oxygen atoms in total. The van der Waals surface area contributed by atoms with Crippen LogP contribution in [0, 0.1) is 19.3 Å². The minimum absolute atomic E-state index is 0.000995. The molecule has 0 bridgehead atoms. The lowest BCUT2D eigenvalue weighted by Gasteiger charge is -2.20. The second-order valence-corrected chi connectivity index (χ2v) is 6.58. The van der Waals surface area contributed by atoms with Crippen molar-refractivity contribution in [2.75, 3.05) is 5.73 Å². The van der Waals surface area contributed by atoms with E-state index in [2.05, 4.69) is 10.6 Å². The van der Waals surface area contributed by atoms with Gasteiger partial charge in [-0.3, -0.25) is 0 Å². The summed E-state index contributed by atoms with van der Waals surface area (Å²) >= 11 is 5.92. The third kappa shape index (κ3) is 3.16. The fourth-order valence-corrected chi connectivity index (χ4v) is 2.95. The number of hydrogen-bond donors (Lipinski definition) is 2. The van der Waals surface area contributed by atoms with E-state index in [4.69, 9.17) is 23.8 Å². The first-order valence-corrected chi connectivity index (χ1v) is 7.02. The molecule has 0 fully saturated rings. The Morgan fingerprint density at radius 2 is 2.00 bits per heavy atom. The lowest BCUT2D eigenvalue weighted by molar-refractivity contribution is 0.539. The minimum Gasteiger partial charge on any atom is -0.398 e. The number of halogens is 1. The normalized spacial score (nSPS) is 12.2. The lowest BCUT2D eigenvalue weighted by atomic mass is 10.1. The van der Waals surface area contributed by atoms with Gasteiger partial charge in [-0.1, -0.05) is 17.5 Å². The molecule has 1 rings (SSSR count). The third-order valence-electron chi connectivity index (χ3n) is 2.42. The van der Waals surface area contributed by atoms with E-state index in [1.165, 1.54) is 12.1 Å². The van der Waals surface area contributed by atoms with Crippen molar-refractivity contribution in [3.8, 4) is 12.3 Å². The Balaban J connectivity index is 3.27. The van der Waals surface area contributed by atoms with Gasteiger partial charge in [-0.2, -0.15) is 4.72 Å². The van der Waals surface area contributed by atoms with Gasteiger partial charge in [-0.25, -0.2) is 8.42 Å². The van der Waals surface area contributed by atoms with Gasteiger partial charge in [0.2, 0.25) is 10.0 Å². The minimum atomic E-state index is -3.75. The van der Waals surface area contributed by atoms with Crippen LogP contribution < -0.4 is 10.5 Å². The molecule has 0 saturated carbocycles. The maximum atomic E-state index is 12.1. The van der Waals surface area contributed by atoms with Crippen LogP contribution in [0.25, 0.3) is 0 Å². The second-order valence-electron chi connectivity index (χ2n) is 4.49. The topological polar surface area (TPSA) is 72.2 Å². The fourth-order valence-electron chi connectivity index (χ4n) is 1.25. The number of nitrogen functional groups attached to an aromatic ring is 1. The number of anilines is 1. The van der Waals surface area contributed by atoms with Crippen LogP contribution in [0.5, 0.6) is 0 Å². The highest BCUT2D eigenvalue weighted by Crippen LogP contribution is 2.26. The van der Waals surface area contributed by atoms with Crippen LogP contribution in [0.3, 0.4) is 0 Å². The van der Waals surface area contributed by atoms with Gasteiger partial charge >= 0.3 is 0 Å². The molecule has 0 atom stereocenters. The van der Waals surface area contributed by atoms with E-state index >= 15 is 0 Å². The molecule has 98 valence electrons. The number of rotatable bonds is 3. The van der Waals surface area contributed by atoms with Crippen LogP contribution in [0.15, 0.2) is 17.0 Å². The van der Waals surface area contributed by atoms with Crippen molar-refractivity contribution in [1.29, 1.82) is 0 Å². The number of benzene rings is 1. The largest absolute Gasteiger partial charge is 0.398 e. The highest BCUT2D eigenvalue weighted by atomic mass is 35.5. The summed E-state index contributed by atoms with van der Waals surface area (Å²) in [5.74, 6) is 2.35. The van der Waals surface area contributed by atoms with Crippen LogP contribution in [-0.4, -0.2) is 14.0 Å². The molecule has 1 aromatic carbocycles. The van der Waals surface area contributed by atoms with E-state index < -0.39 is 15.6 Å². The van der Waals surface area contributed by atoms with Gasteiger partial charge in [0, 0.05) is 10.7 Å². The number of nitrogens with two attached hydrogens (primary N) is 1. The van der Waals surface area contributed by atoms with Gasteiger partial charge in [0.15, 0.2) is 0 Å². The van der Waals surface area contributed by atoms with Gasteiger partial charge < -0.3 is 5.73 Å². The highest BCUT2D eigenvalue weighted by molar-refractivity contribution is 7.89. The molecule has 0 aliphatic heterocycles. The van der Waals surface area contributed by atoms with E-state index in [1.807, 2.05) is 0 Å². The van der Waals surface area contributed by atoms with Crippen molar-refractivity contribution in [3.05, 3.63) is 22.7 Å². The van der Waals surface area contributed by atoms with Gasteiger partial charge in [0.1, 0.15) is 0 Å². The van der Waals surface area contributed by atoms with E-state index in [0.717, 1.165) is 0 Å². The molecule has 0 unspecified atom stereocenters. The molecule has 0 spiro atoms. The molecule has 0 aliphatic carbocycles. The summed E-state index contributed by atoms with van der Waals surface area (Å²) in [6, 6.07) is 2.71. The van der Waals surface area contributed by atoms with E-state index in [1.54, 1.807) is 20.8 Å². The molecule has 6 heteroatoms. The van der Waals surface area contributed by atoms with Crippen molar-refractivity contribution < 1.29 is 8.42 Å². The number of terminal acetylenes is 1. The maximum Gasteiger partial charge on any atom is 0.241 e. The van der Waals surface area contributed by atoms with E-state index in [-0.39, 0.29) is 4.90 Å².